The van der Waals surface area contributed by atoms with Crippen molar-refractivity contribution in [3.05, 3.63) is 61.9 Å². The summed E-state index contributed by atoms with van der Waals surface area (Å²) < 4.78 is 2.11. The number of hydrogen-bond acceptors (Lipinski definition) is 4. The number of carbonyl (C=O) groups excluding carboxylic acids is 1. The second-order valence-corrected chi connectivity index (χ2v) is 4.76. The average molecular weight is 273 g/mol. The third kappa shape index (κ3) is 2.27. The number of aromatic nitrogens is 2. The van der Waals surface area contributed by atoms with Crippen molar-refractivity contribution >= 4 is 11.5 Å². The summed E-state index contributed by atoms with van der Waals surface area (Å²) in [6.45, 7) is 1.81. The zero-order valence-electron chi connectivity index (χ0n) is 11.5. The Labute approximate surface area is 115 Å². The highest BCUT2D eigenvalue weighted by Crippen LogP contribution is 2.13. The molecule has 0 spiro atoms. The molecule has 2 rings (SSSR count). The normalized spacial score (nSPS) is 10.6. The summed E-state index contributed by atoms with van der Waals surface area (Å²) in [4.78, 5) is 36.0. The molecule has 2 aromatic rings. The fourth-order valence-corrected chi connectivity index (χ4v) is 2.06. The van der Waals surface area contributed by atoms with Crippen molar-refractivity contribution in [2.24, 2.45) is 14.1 Å². The molecule has 0 saturated carbocycles. The van der Waals surface area contributed by atoms with Crippen LogP contribution in [0, 0.1) is 6.92 Å². The van der Waals surface area contributed by atoms with E-state index >= 15 is 0 Å². The maximum Gasteiger partial charge on any atom is 0.330 e. The third-order valence-electron chi connectivity index (χ3n) is 3.05. The van der Waals surface area contributed by atoms with Gasteiger partial charge in [0.05, 0.1) is 0 Å². The average Bonchev–Trinajstić information content (AvgIpc) is 2.38. The van der Waals surface area contributed by atoms with Crippen LogP contribution in [0.25, 0.3) is 0 Å². The molecule has 0 atom stereocenters. The Kier molecular flexibility index (Phi) is 3.31. The van der Waals surface area contributed by atoms with E-state index in [4.69, 9.17) is 5.73 Å². The summed E-state index contributed by atoms with van der Waals surface area (Å²) in [5.41, 5.74) is 6.18. The molecule has 0 aliphatic carbocycles. The minimum Gasteiger partial charge on any atom is -0.399 e. The lowest BCUT2D eigenvalue weighted by Gasteiger charge is -2.07. The molecule has 1 aromatic heterocycles. The fourth-order valence-electron chi connectivity index (χ4n) is 2.06. The Morgan fingerprint density at radius 1 is 1.15 bits per heavy atom. The molecule has 0 aliphatic heterocycles. The molecule has 0 bridgehead atoms. The predicted molar refractivity (Wildman–Crippen MR) is 75.9 cm³/mol. The molecule has 1 heterocycles. The van der Waals surface area contributed by atoms with Gasteiger partial charge < -0.3 is 10.3 Å². The van der Waals surface area contributed by atoms with Crippen LogP contribution >= 0.6 is 0 Å². The highest BCUT2D eigenvalue weighted by molar-refractivity contribution is 6.09. The maximum absolute atomic E-state index is 12.4. The van der Waals surface area contributed by atoms with Crippen molar-refractivity contribution in [3.63, 3.8) is 0 Å². The van der Waals surface area contributed by atoms with E-state index < -0.39 is 17.0 Å². The number of hydrogen-bond donors (Lipinski definition) is 1. The number of rotatable bonds is 2. The maximum atomic E-state index is 12.4. The summed E-state index contributed by atoms with van der Waals surface area (Å²) in [7, 11) is 2.83. The van der Waals surface area contributed by atoms with Gasteiger partial charge >= 0.3 is 5.69 Å². The minimum absolute atomic E-state index is 0.0559. The van der Waals surface area contributed by atoms with Crippen LogP contribution in [0.5, 0.6) is 0 Å². The number of carbonyl (C=O) groups is 1. The summed E-state index contributed by atoms with van der Waals surface area (Å²) in [5.74, 6) is -0.448. The zero-order chi connectivity index (χ0) is 15.0. The highest BCUT2D eigenvalue weighted by Gasteiger charge is 2.17. The summed E-state index contributed by atoms with van der Waals surface area (Å²) >= 11 is 0. The molecule has 0 amide bonds. The summed E-state index contributed by atoms with van der Waals surface area (Å²) in [5, 5.41) is 0. The Hall–Kier alpha value is -2.63. The van der Waals surface area contributed by atoms with Crippen LogP contribution in [-0.2, 0) is 14.1 Å². The van der Waals surface area contributed by atoms with Gasteiger partial charge in [-0.25, -0.2) is 4.79 Å². The van der Waals surface area contributed by atoms with Gasteiger partial charge in [0.1, 0.15) is 5.56 Å². The second kappa shape index (κ2) is 4.80. The van der Waals surface area contributed by atoms with E-state index in [2.05, 4.69) is 0 Å². The Balaban J connectivity index is 2.66. The van der Waals surface area contributed by atoms with Gasteiger partial charge in [-0.1, -0.05) is 0 Å². The van der Waals surface area contributed by atoms with Gasteiger partial charge in [-0.15, -0.1) is 0 Å². The van der Waals surface area contributed by atoms with Crippen LogP contribution in [0.3, 0.4) is 0 Å². The van der Waals surface area contributed by atoms with Gasteiger partial charge in [0, 0.05) is 31.5 Å². The van der Waals surface area contributed by atoms with Gasteiger partial charge in [-0.05, 0) is 30.7 Å². The van der Waals surface area contributed by atoms with Gasteiger partial charge in [-0.3, -0.25) is 14.2 Å². The lowest BCUT2D eigenvalue weighted by molar-refractivity contribution is 0.103. The number of benzene rings is 1. The van der Waals surface area contributed by atoms with E-state index in [-0.39, 0.29) is 5.56 Å². The quantitative estimate of drug-likeness (QED) is 0.625. The molecule has 0 radical (unpaired) electrons. The Morgan fingerprint density at radius 2 is 1.80 bits per heavy atom. The molecular weight excluding hydrogens is 258 g/mol. The van der Waals surface area contributed by atoms with E-state index in [1.807, 2.05) is 6.92 Å². The second-order valence-electron chi connectivity index (χ2n) is 4.76. The lowest BCUT2D eigenvalue weighted by atomic mass is 10.0. The molecule has 20 heavy (non-hydrogen) atoms. The lowest BCUT2D eigenvalue weighted by Crippen LogP contribution is -2.39. The van der Waals surface area contributed by atoms with Crippen molar-refractivity contribution in [1.29, 1.82) is 0 Å². The fraction of sp³-hybridized carbons (Fsp3) is 0.214. The Morgan fingerprint density at radius 3 is 2.40 bits per heavy atom. The van der Waals surface area contributed by atoms with E-state index in [1.165, 1.54) is 30.9 Å². The first-order valence-corrected chi connectivity index (χ1v) is 6.00. The van der Waals surface area contributed by atoms with Crippen LogP contribution in [0.1, 0.15) is 21.5 Å². The van der Waals surface area contributed by atoms with Crippen molar-refractivity contribution in [2.75, 3.05) is 5.73 Å². The number of ketones is 1. The van der Waals surface area contributed by atoms with Crippen LogP contribution in [-0.4, -0.2) is 14.9 Å². The van der Waals surface area contributed by atoms with E-state index in [9.17, 15) is 14.4 Å². The third-order valence-corrected chi connectivity index (χ3v) is 3.05. The number of anilines is 1. The standard InChI is InChI=1S/C14H15N3O3/c1-8-4-9(6-10(15)5-8)12(18)11-7-16(2)14(20)17(3)13(11)19/h4-7H,15H2,1-3H3. The van der Waals surface area contributed by atoms with Crippen molar-refractivity contribution in [2.45, 2.75) is 6.92 Å². The van der Waals surface area contributed by atoms with Crippen LogP contribution in [0.4, 0.5) is 5.69 Å². The highest BCUT2D eigenvalue weighted by atomic mass is 16.2. The van der Waals surface area contributed by atoms with Crippen molar-refractivity contribution in [3.8, 4) is 0 Å². The predicted octanol–water partition coefficient (Wildman–Crippen LogP) is 0.206. The van der Waals surface area contributed by atoms with E-state index in [0.29, 0.717) is 11.3 Å². The number of nitrogens with two attached hydrogens (primary N) is 1. The summed E-state index contributed by atoms with van der Waals surface area (Å²) in [6.07, 6.45) is 1.26. The van der Waals surface area contributed by atoms with Crippen LogP contribution < -0.4 is 17.0 Å². The van der Waals surface area contributed by atoms with E-state index in [1.54, 1.807) is 12.1 Å². The molecule has 6 nitrogen and oxygen atoms in total. The first-order chi connectivity index (χ1) is 9.31. The zero-order valence-corrected chi connectivity index (χ0v) is 11.5. The van der Waals surface area contributed by atoms with Crippen molar-refractivity contribution < 1.29 is 4.79 Å². The molecular formula is C14H15N3O3. The largest absolute Gasteiger partial charge is 0.399 e. The molecule has 0 aliphatic rings. The van der Waals surface area contributed by atoms with Crippen LogP contribution in [0.15, 0.2) is 34.0 Å². The van der Waals surface area contributed by atoms with Gasteiger partial charge in [0.15, 0.2) is 5.78 Å². The number of nitrogens with zero attached hydrogens (tertiary/aromatic N) is 2. The first-order valence-electron chi connectivity index (χ1n) is 6.00. The van der Waals surface area contributed by atoms with E-state index in [0.717, 1.165) is 10.1 Å². The number of nitrogen functional groups attached to an aromatic ring is 1. The molecule has 2 N–H and O–H groups in total. The Bertz CT molecular complexity index is 795. The smallest absolute Gasteiger partial charge is 0.330 e. The van der Waals surface area contributed by atoms with Crippen LogP contribution in [0.2, 0.25) is 0 Å². The molecule has 0 saturated heterocycles. The summed E-state index contributed by atoms with van der Waals surface area (Å²) in [6, 6.07) is 4.90. The molecule has 1 aromatic carbocycles. The van der Waals surface area contributed by atoms with Gasteiger partial charge in [0.2, 0.25) is 0 Å². The molecule has 0 unspecified atom stereocenters. The monoisotopic (exact) mass is 273 g/mol. The van der Waals surface area contributed by atoms with Gasteiger partial charge in [-0.2, -0.15) is 0 Å². The molecule has 104 valence electrons. The first kappa shape index (κ1) is 13.8. The minimum atomic E-state index is -0.613. The topological polar surface area (TPSA) is 87.1 Å². The molecule has 0 fully saturated rings. The van der Waals surface area contributed by atoms with Crippen molar-refractivity contribution in [1.82, 2.24) is 9.13 Å². The molecule has 6 heteroatoms. The number of aryl methyl sites for hydroxylation is 2. The van der Waals surface area contributed by atoms with Gasteiger partial charge in [0.25, 0.3) is 5.56 Å². The SMILES string of the molecule is Cc1cc(N)cc(C(=O)c2cn(C)c(=O)n(C)c2=O)c1.